The second-order valence-corrected chi connectivity index (χ2v) is 5.89. The highest BCUT2D eigenvalue weighted by atomic mass is 19.1. The third kappa shape index (κ3) is 4.78. The van der Waals surface area contributed by atoms with Crippen LogP contribution in [0.5, 0.6) is 5.75 Å². The van der Waals surface area contributed by atoms with Crippen molar-refractivity contribution in [2.45, 2.75) is 19.5 Å². The first-order chi connectivity index (χ1) is 11.9. The number of nitrogens with one attached hydrogen (secondary N) is 2. The summed E-state index contributed by atoms with van der Waals surface area (Å²) < 4.78 is 18.7. The maximum Gasteiger partial charge on any atom is 0.282 e. The first-order valence-corrected chi connectivity index (χ1v) is 7.90. The van der Waals surface area contributed by atoms with Crippen molar-refractivity contribution in [2.75, 3.05) is 19.5 Å². The first-order valence-electron chi connectivity index (χ1n) is 7.90. The topological polar surface area (TPSA) is 66.6 Å². The molecular weight excluding hydrogens is 321 g/mol. The van der Waals surface area contributed by atoms with E-state index in [1.54, 1.807) is 36.4 Å². The minimum atomic E-state index is -0.414. The minimum absolute atomic E-state index is 0.142. The number of halogens is 1. The van der Waals surface area contributed by atoms with Gasteiger partial charge in [-0.1, -0.05) is 0 Å². The van der Waals surface area contributed by atoms with Crippen molar-refractivity contribution in [3.63, 3.8) is 0 Å². The molecule has 130 valence electrons. The maximum absolute atomic E-state index is 13.8. The second-order valence-electron chi connectivity index (χ2n) is 5.89. The number of nitriles is 1. The molecule has 0 heterocycles. The molecule has 25 heavy (non-hydrogen) atoms. The summed E-state index contributed by atoms with van der Waals surface area (Å²) >= 11 is 0. The Morgan fingerprint density at radius 2 is 2.00 bits per heavy atom. The number of nitrogens with zero attached hydrogens (tertiary/aromatic N) is 1. The van der Waals surface area contributed by atoms with Gasteiger partial charge in [0.15, 0.2) is 17.6 Å². The smallest absolute Gasteiger partial charge is 0.282 e. The van der Waals surface area contributed by atoms with E-state index in [1.165, 1.54) is 13.2 Å². The van der Waals surface area contributed by atoms with Crippen LogP contribution in [-0.2, 0) is 11.3 Å². The number of hydrogen-bond acceptors (Lipinski definition) is 3. The molecule has 0 aliphatic heterocycles. The molecule has 0 bridgehead atoms. The molecule has 5 nitrogen and oxygen atoms in total. The van der Waals surface area contributed by atoms with E-state index in [0.29, 0.717) is 17.8 Å². The standard InChI is InChI=1S/C19H20FN3O2/c1-13(19(24)22-16-7-4-14(11-21)5-8-16)23(2)12-15-6-9-18(25-3)17(20)10-15/h4-10,13H,12H2,1-3H3,(H,22,24)/p+1/t13-/m1/s1. The van der Waals surface area contributed by atoms with Gasteiger partial charge in [0.2, 0.25) is 0 Å². The number of amides is 1. The Morgan fingerprint density at radius 1 is 1.32 bits per heavy atom. The Kier molecular flexibility index (Phi) is 6.09. The van der Waals surface area contributed by atoms with Crippen molar-refractivity contribution in [3.8, 4) is 11.8 Å². The Morgan fingerprint density at radius 3 is 2.56 bits per heavy atom. The number of hydrogen-bond donors (Lipinski definition) is 2. The summed E-state index contributed by atoms with van der Waals surface area (Å²) in [4.78, 5) is 13.3. The molecule has 2 N–H and O–H groups in total. The van der Waals surface area contributed by atoms with Gasteiger partial charge in [0, 0.05) is 11.3 Å². The quantitative estimate of drug-likeness (QED) is 0.840. The number of carbonyl (C=O) groups excluding carboxylic acids is 1. The lowest BCUT2D eigenvalue weighted by Gasteiger charge is -2.21. The fourth-order valence-electron chi connectivity index (χ4n) is 2.40. The molecular formula is C19H21FN3O2+. The van der Waals surface area contributed by atoms with Crippen molar-refractivity contribution < 1.29 is 18.8 Å². The van der Waals surface area contributed by atoms with Gasteiger partial charge in [-0.3, -0.25) is 4.79 Å². The molecule has 0 spiro atoms. The lowest BCUT2D eigenvalue weighted by atomic mass is 10.1. The highest BCUT2D eigenvalue weighted by molar-refractivity contribution is 5.93. The average molecular weight is 342 g/mol. The van der Waals surface area contributed by atoms with Gasteiger partial charge in [-0.2, -0.15) is 5.26 Å². The van der Waals surface area contributed by atoms with Crippen LogP contribution in [0.3, 0.4) is 0 Å². The predicted molar refractivity (Wildman–Crippen MR) is 92.8 cm³/mol. The summed E-state index contributed by atoms with van der Waals surface area (Å²) in [5.41, 5.74) is 1.96. The van der Waals surface area contributed by atoms with Crippen LogP contribution in [0, 0.1) is 17.1 Å². The van der Waals surface area contributed by atoms with E-state index in [4.69, 9.17) is 10.00 Å². The van der Waals surface area contributed by atoms with Gasteiger partial charge in [0.05, 0.1) is 25.8 Å². The molecule has 1 amide bonds. The summed E-state index contributed by atoms with van der Waals surface area (Å²) in [6.45, 7) is 2.32. The Balaban J connectivity index is 1.98. The van der Waals surface area contributed by atoms with E-state index in [-0.39, 0.29) is 17.7 Å². The molecule has 0 saturated heterocycles. The fourth-order valence-corrected chi connectivity index (χ4v) is 2.40. The zero-order valence-electron chi connectivity index (χ0n) is 14.5. The van der Waals surface area contributed by atoms with Crippen molar-refractivity contribution in [1.82, 2.24) is 0 Å². The molecule has 2 aromatic carbocycles. The van der Waals surface area contributed by atoms with E-state index in [1.807, 2.05) is 20.0 Å². The Hall–Kier alpha value is -2.91. The molecule has 1 unspecified atom stereocenters. The van der Waals surface area contributed by atoms with Crippen LogP contribution in [0.2, 0.25) is 0 Å². The zero-order chi connectivity index (χ0) is 18.4. The van der Waals surface area contributed by atoms with Gasteiger partial charge < -0.3 is 15.0 Å². The molecule has 2 aromatic rings. The van der Waals surface area contributed by atoms with Crippen LogP contribution < -0.4 is 15.0 Å². The van der Waals surface area contributed by atoms with Crippen molar-refractivity contribution >= 4 is 11.6 Å². The Bertz CT molecular complexity index is 784. The van der Waals surface area contributed by atoms with Crippen LogP contribution >= 0.6 is 0 Å². The molecule has 6 heteroatoms. The third-order valence-corrected chi connectivity index (χ3v) is 4.11. The molecule has 0 fully saturated rings. The molecule has 0 aliphatic rings. The van der Waals surface area contributed by atoms with E-state index in [2.05, 4.69) is 5.32 Å². The van der Waals surface area contributed by atoms with Gasteiger partial charge in [0.25, 0.3) is 5.91 Å². The average Bonchev–Trinajstić information content (AvgIpc) is 2.61. The zero-order valence-corrected chi connectivity index (χ0v) is 14.5. The fraction of sp³-hybridized carbons (Fsp3) is 0.263. The molecule has 2 atom stereocenters. The summed E-state index contributed by atoms with van der Waals surface area (Å²) in [5, 5.41) is 11.6. The number of quaternary nitrogens is 1. The summed E-state index contributed by atoms with van der Waals surface area (Å²) in [5.74, 6) is -0.355. The molecule has 0 radical (unpaired) electrons. The van der Waals surface area contributed by atoms with Crippen LogP contribution in [0.1, 0.15) is 18.1 Å². The van der Waals surface area contributed by atoms with Crippen molar-refractivity contribution in [2.24, 2.45) is 0 Å². The Labute approximate surface area is 146 Å². The van der Waals surface area contributed by atoms with Crippen LogP contribution in [0.4, 0.5) is 10.1 Å². The maximum atomic E-state index is 13.8. The van der Waals surface area contributed by atoms with E-state index in [0.717, 1.165) is 10.5 Å². The summed E-state index contributed by atoms with van der Waals surface area (Å²) in [6, 6.07) is 13.2. The van der Waals surface area contributed by atoms with E-state index < -0.39 is 5.82 Å². The van der Waals surface area contributed by atoms with Crippen LogP contribution in [0.25, 0.3) is 0 Å². The lowest BCUT2D eigenvalue weighted by Crippen LogP contribution is -3.12. The number of likely N-dealkylation sites (N-methyl/N-ethyl adjacent to an activating group) is 1. The van der Waals surface area contributed by atoms with Gasteiger partial charge in [-0.15, -0.1) is 0 Å². The van der Waals surface area contributed by atoms with Gasteiger partial charge in [-0.05, 0) is 49.4 Å². The molecule has 0 aliphatic carbocycles. The van der Waals surface area contributed by atoms with Crippen molar-refractivity contribution in [3.05, 3.63) is 59.4 Å². The number of rotatable bonds is 6. The molecule has 2 rings (SSSR count). The normalized spacial score (nSPS) is 12.8. The highest BCUT2D eigenvalue weighted by Crippen LogP contribution is 2.17. The van der Waals surface area contributed by atoms with E-state index >= 15 is 0 Å². The minimum Gasteiger partial charge on any atom is -0.494 e. The number of carbonyl (C=O) groups is 1. The summed E-state index contributed by atoms with van der Waals surface area (Å²) in [6.07, 6.45) is 0. The summed E-state index contributed by atoms with van der Waals surface area (Å²) in [7, 11) is 3.30. The number of anilines is 1. The van der Waals surface area contributed by atoms with Gasteiger partial charge in [-0.25, -0.2) is 4.39 Å². The van der Waals surface area contributed by atoms with Crippen LogP contribution in [-0.4, -0.2) is 26.1 Å². The molecule has 0 aromatic heterocycles. The second kappa shape index (κ2) is 8.27. The number of benzene rings is 2. The monoisotopic (exact) mass is 342 g/mol. The van der Waals surface area contributed by atoms with Crippen molar-refractivity contribution in [1.29, 1.82) is 5.26 Å². The number of methoxy groups -OCH3 is 1. The third-order valence-electron chi connectivity index (χ3n) is 4.11. The van der Waals surface area contributed by atoms with Crippen LogP contribution in [0.15, 0.2) is 42.5 Å². The highest BCUT2D eigenvalue weighted by Gasteiger charge is 2.22. The lowest BCUT2D eigenvalue weighted by molar-refractivity contribution is -0.907. The largest absolute Gasteiger partial charge is 0.494 e. The SMILES string of the molecule is COc1ccc(C[NH+](C)[C@H](C)C(=O)Nc2ccc(C#N)cc2)cc1F. The van der Waals surface area contributed by atoms with Gasteiger partial charge in [0.1, 0.15) is 6.54 Å². The first kappa shape index (κ1) is 18.4. The molecule has 0 saturated carbocycles. The predicted octanol–water partition coefficient (Wildman–Crippen LogP) is 1.75. The van der Waals surface area contributed by atoms with E-state index in [9.17, 15) is 9.18 Å². The van der Waals surface area contributed by atoms with Gasteiger partial charge >= 0.3 is 0 Å². The number of ether oxygens (including phenoxy) is 1.